The molecule has 2 aromatic heterocycles. The molecule has 0 saturated heterocycles. The minimum absolute atomic E-state index is 0.0437. The molecule has 29 heavy (non-hydrogen) atoms. The molecule has 3 rings (SSSR count). The van der Waals surface area contributed by atoms with Gasteiger partial charge in [0.2, 0.25) is 5.88 Å². The second kappa shape index (κ2) is 8.62. The first-order chi connectivity index (χ1) is 13.8. The van der Waals surface area contributed by atoms with Crippen LogP contribution in [0.25, 0.3) is 16.8 Å². The first kappa shape index (κ1) is 21.4. The Morgan fingerprint density at radius 3 is 2.52 bits per heavy atom. The Balaban J connectivity index is 2.12. The van der Waals surface area contributed by atoms with E-state index >= 15 is 0 Å². The first-order valence-electron chi connectivity index (χ1n) is 10.5. The van der Waals surface area contributed by atoms with Gasteiger partial charge in [0.25, 0.3) is 0 Å². The number of hydrogen-bond donors (Lipinski definition) is 1. The number of methoxy groups -OCH3 is 1. The summed E-state index contributed by atoms with van der Waals surface area (Å²) in [5.74, 6) is 0.919. The molecule has 1 unspecified atom stereocenters. The van der Waals surface area contributed by atoms with E-state index in [0.717, 1.165) is 65.3 Å². The normalized spacial score (nSPS) is 19.0. The average molecular weight is 396 g/mol. The van der Waals surface area contributed by atoms with Gasteiger partial charge in [0.15, 0.2) is 0 Å². The highest BCUT2D eigenvalue weighted by molar-refractivity contribution is 5.71. The SMILES string of the molecule is CCC1(CCO)CC=C(C)c2nc(-c3ccc(C(C)C)nc3OC)c(C)nc2C1. The number of rotatable bonds is 6. The molecule has 1 aliphatic carbocycles. The lowest BCUT2D eigenvalue weighted by molar-refractivity contribution is 0.174. The minimum atomic E-state index is 0.0437. The van der Waals surface area contributed by atoms with Crippen LogP contribution in [0.5, 0.6) is 5.88 Å². The molecule has 0 aromatic carbocycles. The maximum atomic E-state index is 9.61. The summed E-state index contributed by atoms with van der Waals surface area (Å²) in [6.45, 7) is 10.7. The van der Waals surface area contributed by atoms with Crippen molar-refractivity contribution in [3.63, 3.8) is 0 Å². The van der Waals surface area contributed by atoms with E-state index in [1.165, 1.54) is 0 Å². The van der Waals surface area contributed by atoms with Crippen molar-refractivity contribution in [2.24, 2.45) is 5.41 Å². The third-order valence-corrected chi connectivity index (χ3v) is 6.21. The van der Waals surface area contributed by atoms with E-state index in [1.54, 1.807) is 7.11 Å². The zero-order valence-electron chi connectivity index (χ0n) is 18.5. The number of pyridine rings is 1. The number of hydrogen-bond acceptors (Lipinski definition) is 5. The lowest BCUT2D eigenvalue weighted by Crippen LogP contribution is -2.24. The fourth-order valence-corrected chi connectivity index (χ4v) is 4.14. The monoisotopic (exact) mass is 395 g/mol. The van der Waals surface area contributed by atoms with Crippen LogP contribution < -0.4 is 4.74 Å². The largest absolute Gasteiger partial charge is 0.480 e. The van der Waals surface area contributed by atoms with Crippen LogP contribution in [0.15, 0.2) is 18.2 Å². The number of fused-ring (bicyclic) bond motifs is 1. The summed E-state index contributed by atoms with van der Waals surface area (Å²) >= 11 is 0. The maximum absolute atomic E-state index is 9.61. The summed E-state index contributed by atoms with van der Waals surface area (Å²) in [4.78, 5) is 14.7. The van der Waals surface area contributed by atoms with Gasteiger partial charge in [-0.25, -0.2) is 9.97 Å². The number of aliphatic hydroxyl groups is 1. The Labute approximate surface area is 174 Å². The quantitative estimate of drug-likeness (QED) is 0.736. The van der Waals surface area contributed by atoms with Gasteiger partial charge >= 0.3 is 0 Å². The van der Waals surface area contributed by atoms with Gasteiger partial charge < -0.3 is 9.84 Å². The van der Waals surface area contributed by atoms with Gasteiger partial charge in [0.1, 0.15) is 0 Å². The van der Waals surface area contributed by atoms with E-state index in [4.69, 9.17) is 14.7 Å². The van der Waals surface area contributed by atoms with Gasteiger partial charge in [-0.05, 0) is 68.6 Å². The fourth-order valence-electron chi connectivity index (χ4n) is 4.14. The average Bonchev–Trinajstić information content (AvgIpc) is 2.84. The summed E-state index contributed by atoms with van der Waals surface area (Å²) in [6.07, 6.45) is 5.83. The van der Waals surface area contributed by atoms with E-state index < -0.39 is 0 Å². The van der Waals surface area contributed by atoms with Gasteiger partial charge in [-0.1, -0.05) is 26.8 Å². The van der Waals surface area contributed by atoms with Crippen LogP contribution in [0.3, 0.4) is 0 Å². The van der Waals surface area contributed by atoms with Crippen molar-refractivity contribution in [3.05, 3.63) is 41.0 Å². The van der Waals surface area contributed by atoms with Gasteiger partial charge in [-0.2, -0.15) is 0 Å². The van der Waals surface area contributed by atoms with Gasteiger partial charge in [0.05, 0.1) is 35.4 Å². The topological polar surface area (TPSA) is 68.1 Å². The molecule has 5 heteroatoms. The number of nitrogens with zero attached hydrogens (tertiary/aromatic N) is 3. The summed E-state index contributed by atoms with van der Waals surface area (Å²) < 4.78 is 5.60. The van der Waals surface area contributed by atoms with Crippen LogP contribution in [-0.2, 0) is 6.42 Å². The van der Waals surface area contributed by atoms with E-state index in [0.29, 0.717) is 11.8 Å². The second-order valence-electron chi connectivity index (χ2n) is 8.50. The van der Waals surface area contributed by atoms with Crippen molar-refractivity contribution in [1.82, 2.24) is 15.0 Å². The summed E-state index contributed by atoms with van der Waals surface area (Å²) in [5, 5.41) is 9.61. The third kappa shape index (κ3) is 4.20. The van der Waals surface area contributed by atoms with Crippen LogP contribution in [-0.4, -0.2) is 33.8 Å². The lowest BCUT2D eigenvalue weighted by Gasteiger charge is -2.30. The summed E-state index contributed by atoms with van der Waals surface area (Å²) in [6, 6.07) is 4.09. The highest BCUT2D eigenvalue weighted by atomic mass is 16.5. The predicted octanol–water partition coefficient (Wildman–Crippen LogP) is 5.11. The van der Waals surface area contributed by atoms with Crippen LogP contribution in [0.1, 0.15) is 75.7 Å². The van der Waals surface area contributed by atoms with E-state index in [1.807, 2.05) is 19.1 Å². The molecule has 0 saturated carbocycles. The van der Waals surface area contributed by atoms with Gasteiger partial charge in [-0.3, -0.25) is 4.98 Å². The summed E-state index contributed by atoms with van der Waals surface area (Å²) in [7, 11) is 1.65. The Morgan fingerprint density at radius 1 is 1.14 bits per heavy atom. The highest BCUT2D eigenvalue weighted by Crippen LogP contribution is 2.41. The van der Waals surface area contributed by atoms with Crippen molar-refractivity contribution in [1.29, 1.82) is 0 Å². The predicted molar refractivity (Wildman–Crippen MR) is 117 cm³/mol. The number of aromatic nitrogens is 3. The van der Waals surface area contributed by atoms with Gasteiger partial charge in [0, 0.05) is 12.3 Å². The molecule has 156 valence electrons. The molecule has 1 atom stereocenters. The van der Waals surface area contributed by atoms with Gasteiger partial charge in [-0.15, -0.1) is 0 Å². The molecular formula is C24H33N3O2. The third-order valence-electron chi connectivity index (χ3n) is 6.21. The Morgan fingerprint density at radius 2 is 1.90 bits per heavy atom. The highest BCUT2D eigenvalue weighted by Gasteiger charge is 2.32. The summed E-state index contributed by atoms with van der Waals surface area (Å²) in [5.41, 5.74) is 6.74. The number of aliphatic hydroxyl groups excluding tert-OH is 1. The first-order valence-corrected chi connectivity index (χ1v) is 10.5. The van der Waals surface area contributed by atoms with Crippen molar-refractivity contribution < 1.29 is 9.84 Å². The number of ether oxygens (including phenoxy) is 1. The molecule has 0 amide bonds. The minimum Gasteiger partial charge on any atom is -0.480 e. The Kier molecular flexibility index (Phi) is 6.37. The molecule has 0 spiro atoms. The molecule has 1 N–H and O–H groups in total. The second-order valence-corrected chi connectivity index (χ2v) is 8.50. The van der Waals surface area contributed by atoms with Crippen LogP contribution in [0.4, 0.5) is 0 Å². The van der Waals surface area contributed by atoms with Crippen molar-refractivity contribution in [2.45, 2.75) is 66.2 Å². The van der Waals surface area contributed by atoms with Crippen molar-refractivity contribution in [3.8, 4) is 17.1 Å². The zero-order chi connectivity index (χ0) is 21.2. The molecule has 5 nitrogen and oxygen atoms in total. The molecular weight excluding hydrogens is 362 g/mol. The zero-order valence-corrected chi connectivity index (χ0v) is 18.5. The molecule has 2 aromatic rings. The van der Waals surface area contributed by atoms with Crippen molar-refractivity contribution >= 4 is 5.57 Å². The Bertz CT molecular complexity index is 921. The standard InChI is InChI=1S/C24H33N3O2/c1-7-24(12-13-28)11-10-16(4)21-20(14-24)25-17(5)22(27-21)18-8-9-19(15(2)3)26-23(18)29-6/h8-10,15,28H,7,11-14H2,1-6H3. The fraction of sp³-hybridized carbons (Fsp3) is 0.542. The lowest BCUT2D eigenvalue weighted by atomic mass is 9.75. The van der Waals surface area contributed by atoms with Crippen LogP contribution >= 0.6 is 0 Å². The molecule has 0 aliphatic heterocycles. The molecule has 0 radical (unpaired) electrons. The molecule has 0 bridgehead atoms. The van der Waals surface area contributed by atoms with E-state index in [2.05, 4.69) is 38.8 Å². The van der Waals surface area contributed by atoms with E-state index in [9.17, 15) is 5.11 Å². The molecule has 1 aliphatic rings. The number of aryl methyl sites for hydroxylation is 1. The smallest absolute Gasteiger partial charge is 0.222 e. The maximum Gasteiger partial charge on any atom is 0.222 e. The number of allylic oxidation sites excluding steroid dienone is 2. The Hall–Kier alpha value is -2.27. The van der Waals surface area contributed by atoms with Crippen LogP contribution in [0, 0.1) is 12.3 Å². The molecule has 0 fully saturated rings. The van der Waals surface area contributed by atoms with E-state index in [-0.39, 0.29) is 12.0 Å². The van der Waals surface area contributed by atoms with Crippen molar-refractivity contribution in [2.75, 3.05) is 13.7 Å². The molecule has 2 heterocycles. The van der Waals surface area contributed by atoms with Crippen LogP contribution in [0.2, 0.25) is 0 Å².